The van der Waals surface area contributed by atoms with Gasteiger partial charge in [0.05, 0.1) is 0 Å². The van der Waals surface area contributed by atoms with Crippen LogP contribution in [-0.2, 0) is 6.42 Å². The molecule has 14 heavy (non-hydrogen) atoms. The molecule has 6 heteroatoms. The number of nitrogens with zero attached hydrogens (tertiary/aromatic N) is 1. The normalized spacial score (nSPS) is 9.93. The van der Waals surface area contributed by atoms with Crippen molar-refractivity contribution in [3.63, 3.8) is 0 Å². The summed E-state index contributed by atoms with van der Waals surface area (Å²) in [6.07, 6.45) is 0.847. The number of thiophene rings is 1. The van der Waals surface area contributed by atoms with Gasteiger partial charge in [0.15, 0.2) is 0 Å². The summed E-state index contributed by atoms with van der Waals surface area (Å²) in [6.45, 7) is 0.663. The molecule has 1 aromatic rings. The second-order valence-corrected chi connectivity index (χ2v) is 4.76. The largest absolute Gasteiger partial charge is 0.331 e. The number of nitrogens with one attached hydrogen (secondary N) is 1. The molecule has 0 saturated carbocycles. The molecular formula is C8H12BrN3OS. The SMILES string of the molecule is CN(CCc1cc(Br)cs1)C(=O)NN. The van der Waals surface area contributed by atoms with Crippen LogP contribution in [0.25, 0.3) is 0 Å². The minimum Gasteiger partial charge on any atom is -0.326 e. The van der Waals surface area contributed by atoms with Gasteiger partial charge in [0.2, 0.25) is 0 Å². The van der Waals surface area contributed by atoms with Gasteiger partial charge in [-0.2, -0.15) is 0 Å². The maximum Gasteiger partial charge on any atom is 0.331 e. The first kappa shape index (κ1) is 11.5. The van der Waals surface area contributed by atoms with Crippen molar-refractivity contribution in [1.29, 1.82) is 0 Å². The van der Waals surface area contributed by atoms with Crippen LogP contribution in [0.3, 0.4) is 0 Å². The Bertz CT molecular complexity index is 315. The molecule has 3 N–H and O–H groups in total. The van der Waals surface area contributed by atoms with Crippen molar-refractivity contribution in [3.05, 3.63) is 20.8 Å². The van der Waals surface area contributed by atoms with Gasteiger partial charge in [0.25, 0.3) is 0 Å². The third kappa shape index (κ3) is 3.28. The second-order valence-electron chi connectivity index (χ2n) is 2.85. The highest BCUT2D eigenvalue weighted by molar-refractivity contribution is 9.10. The summed E-state index contributed by atoms with van der Waals surface area (Å²) in [5.41, 5.74) is 2.09. The number of carbonyl (C=O) groups is 1. The molecule has 0 aromatic carbocycles. The summed E-state index contributed by atoms with van der Waals surface area (Å²) in [7, 11) is 1.71. The molecule has 0 aliphatic rings. The minimum atomic E-state index is -0.263. The molecule has 0 bridgehead atoms. The highest BCUT2D eigenvalue weighted by Gasteiger charge is 2.06. The monoisotopic (exact) mass is 277 g/mol. The van der Waals surface area contributed by atoms with Gasteiger partial charge in [-0.3, -0.25) is 5.43 Å². The lowest BCUT2D eigenvalue weighted by Gasteiger charge is -2.15. The molecule has 0 aliphatic heterocycles. The Hall–Kier alpha value is -0.590. The first-order chi connectivity index (χ1) is 6.63. The van der Waals surface area contributed by atoms with E-state index < -0.39 is 0 Å². The number of likely N-dealkylation sites (N-methyl/N-ethyl adjacent to an activating group) is 1. The van der Waals surface area contributed by atoms with Crippen molar-refractivity contribution in [2.75, 3.05) is 13.6 Å². The molecular weight excluding hydrogens is 266 g/mol. The van der Waals surface area contributed by atoms with Crippen LogP contribution in [0.15, 0.2) is 15.9 Å². The molecule has 0 atom stereocenters. The average Bonchev–Trinajstić information content (AvgIpc) is 2.59. The molecule has 1 heterocycles. The third-order valence-electron chi connectivity index (χ3n) is 1.79. The molecule has 0 radical (unpaired) electrons. The molecule has 1 aromatic heterocycles. The van der Waals surface area contributed by atoms with E-state index in [1.807, 2.05) is 5.38 Å². The zero-order valence-corrected chi connectivity index (χ0v) is 10.2. The van der Waals surface area contributed by atoms with Gasteiger partial charge < -0.3 is 4.90 Å². The topological polar surface area (TPSA) is 58.4 Å². The number of hydrogen-bond donors (Lipinski definition) is 2. The van der Waals surface area contributed by atoms with Gasteiger partial charge in [-0.1, -0.05) is 0 Å². The smallest absolute Gasteiger partial charge is 0.326 e. The Labute approximate surface area is 95.2 Å². The van der Waals surface area contributed by atoms with Gasteiger partial charge in [0, 0.05) is 28.3 Å². The van der Waals surface area contributed by atoms with Crippen LogP contribution in [0.5, 0.6) is 0 Å². The van der Waals surface area contributed by atoms with E-state index in [2.05, 4.69) is 27.4 Å². The lowest BCUT2D eigenvalue weighted by molar-refractivity contribution is 0.209. The zero-order chi connectivity index (χ0) is 10.6. The number of carbonyl (C=O) groups excluding carboxylic acids is 1. The van der Waals surface area contributed by atoms with Crippen molar-refractivity contribution >= 4 is 33.3 Å². The molecule has 0 aliphatic carbocycles. The van der Waals surface area contributed by atoms with Crippen molar-refractivity contribution in [1.82, 2.24) is 10.3 Å². The van der Waals surface area contributed by atoms with E-state index >= 15 is 0 Å². The van der Waals surface area contributed by atoms with Crippen LogP contribution < -0.4 is 11.3 Å². The van der Waals surface area contributed by atoms with E-state index in [1.165, 1.54) is 4.88 Å². The van der Waals surface area contributed by atoms with Crippen molar-refractivity contribution in [3.8, 4) is 0 Å². The predicted octanol–water partition coefficient (Wildman–Crippen LogP) is 1.57. The number of rotatable bonds is 3. The molecule has 78 valence electrons. The van der Waals surface area contributed by atoms with E-state index in [0.29, 0.717) is 6.54 Å². The Morgan fingerprint density at radius 3 is 3.00 bits per heavy atom. The van der Waals surface area contributed by atoms with Gasteiger partial charge in [-0.05, 0) is 28.4 Å². The van der Waals surface area contributed by atoms with E-state index in [-0.39, 0.29) is 6.03 Å². The fourth-order valence-electron chi connectivity index (χ4n) is 0.975. The summed E-state index contributed by atoms with van der Waals surface area (Å²) in [5, 5.41) is 2.03. The van der Waals surface area contributed by atoms with Crippen molar-refractivity contribution in [2.24, 2.45) is 5.84 Å². The van der Waals surface area contributed by atoms with Crippen LogP contribution in [0, 0.1) is 0 Å². The summed E-state index contributed by atoms with van der Waals surface area (Å²) in [4.78, 5) is 13.8. The lowest BCUT2D eigenvalue weighted by atomic mass is 10.3. The molecule has 4 nitrogen and oxygen atoms in total. The van der Waals surface area contributed by atoms with Gasteiger partial charge in [0.1, 0.15) is 0 Å². The number of nitrogens with two attached hydrogens (primary N) is 1. The van der Waals surface area contributed by atoms with Crippen molar-refractivity contribution in [2.45, 2.75) is 6.42 Å². The summed E-state index contributed by atoms with van der Waals surface area (Å²) >= 11 is 5.05. The fourth-order valence-corrected chi connectivity index (χ4v) is 2.42. The van der Waals surface area contributed by atoms with Crippen LogP contribution in [0.1, 0.15) is 4.88 Å². The van der Waals surface area contributed by atoms with Gasteiger partial charge in [-0.25, -0.2) is 10.6 Å². The molecule has 2 amide bonds. The first-order valence-electron chi connectivity index (χ1n) is 4.08. The summed E-state index contributed by atoms with van der Waals surface area (Å²) in [6, 6.07) is 1.79. The Morgan fingerprint density at radius 1 is 1.79 bits per heavy atom. The fraction of sp³-hybridized carbons (Fsp3) is 0.375. The van der Waals surface area contributed by atoms with Crippen LogP contribution in [-0.4, -0.2) is 24.5 Å². The number of halogens is 1. The average molecular weight is 278 g/mol. The first-order valence-corrected chi connectivity index (χ1v) is 5.75. The number of amides is 2. The molecule has 0 saturated heterocycles. The second kappa shape index (κ2) is 5.33. The van der Waals surface area contributed by atoms with Crippen LogP contribution in [0.4, 0.5) is 4.79 Å². The molecule has 0 unspecified atom stereocenters. The van der Waals surface area contributed by atoms with Crippen LogP contribution in [0.2, 0.25) is 0 Å². The van der Waals surface area contributed by atoms with Gasteiger partial charge >= 0.3 is 6.03 Å². The number of hydrogen-bond acceptors (Lipinski definition) is 3. The zero-order valence-electron chi connectivity index (χ0n) is 7.79. The third-order valence-corrected chi connectivity index (χ3v) is 3.54. The van der Waals surface area contributed by atoms with E-state index in [4.69, 9.17) is 5.84 Å². The van der Waals surface area contributed by atoms with E-state index in [9.17, 15) is 4.79 Å². The maximum absolute atomic E-state index is 11.0. The number of urea groups is 1. The molecule has 0 fully saturated rings. The van der Waals surface area contributed by atoms with E-state index in [1.54, 1.807) is 23.3 Å². The highest BCUT2D eigenvalue weighted by atomic mass is 79.9. The van der Waals surface area contributed by atoms with Crippen molar-refractivity contribution < 1.29 is 4.79 Å². The Balaban J connectivity index is 2.37. The standard InChI is InChI=1S/C8H12BrN3OS/c1-12(8(13)11-10)3-2-7-4-6(9)5-14-7/h4-5H,2-3,10H2,1H3,(H,11,13). The lowest BCUT2D eigenvalue weighted by Crippen LogP contribution is -2.41. The van der Waals surface area contributed by atoms with E-state index in [0.717, 1.165) is 10.9 Å². The summed E-state index contributed by atoms with van der Waals surface area (Å²) in [5.74, 6) is 5.00. The van der Waals surface area contributed by atoms with Gasteiger partial charge in [-0.15, -0.1) is 11.3 Å². The number of hydrazine groups is 1. The summed E-state index contributed by atoms with van der Waals surface area (Å²) < 4.78 is 1.09. The minimum absolute atomic E-state index is 0.263. The highest BCUT2D eigenvalue weighted by Crippen LogP contribution is 2.20. The predicted molar refractivity (Wildman–Crippen MR) is 61.1 cm³/mol. The van der Waals surface area contributed by atoms with Crippen LogP contribution >= 0.6 is 27.3 Å². The Morgan fingerprint density at radius 2 is 2.50 bits per heavy atom. The molecule has 1 rings (SSSR count). The molecule has 0 spiro atoms. The quantitative estimate of drug-likeness (QED) is 0.501. The maximum atomic E-state index is 11.0. The Kier molecular flexibility index (Phi) is 4.37.